The van der Waals surface area contributed by atoms with Crippen molar-refractivity contribution in [1.29, 1.82) is 0 Å². The van der Waals surface area contributed by atoms with Gasteiger partial charge in [-0.05, 0) is 36.6 Å². The number of nitrogens with one attached hydrogen (secondary N) is 1. The normalized spacial score (nSPS) is 11.6. The highest BCUT2D eigenvalue weighted by atomic mass is 35.5. The Labute approximate surface area is 212 Å². The van der Waals surface area contributed by atoms with Crippen LogP contribution in [0.15, 0.2) is 82.0 Å². The molecular formula is C28H24ClNO6. The molecule has 184 valence electrons. The van der Waals surface area contributed by atoms with Gasteiger partial charge in [0, 0.05) is 23.4 Å². The van der Waals surface area contributed by atoms with Crippen LogP contribution in [0.5, 0.6) is 5.75 Å². The smallest absolute Gasteiger partial charge is 0.408 e. The van der Waals surface area contributed by atoms with Gasteiger partial charge < -0.3 is 19.2 Å². The summed E-state index contributed by atoms with van der Waals surface area (Å²) in [6.07, 6.45) is -0.600. The molecule has 0 saturated heterocycles. The van der Waals surface area contributed by atoms with Gasteiger partial charge in [0.2, 0.25) is 0 Å². The zero-order valence-electron chi connectivity index (χ0n) is 19.7. The molecule has 8 heteroatoms. The number of carbonyl (C=O) groups excluding carboxylic acids is 2. The molecule has 0 aliphatic carbocycles. The predicted octanol–water partition coefficient (Wildman–Crippen LogP) is 5.51. The molecule has 0 aliphatic heterocycles. The number of ether oxygens (including phenoxy) is 2. The van der Waals surface area contributed by atoms with E-state index < -0.39 is 23.7 Å². The first kappa shape index (κ1) is 25.0. The molecule has 1 atom stereocenters. The Morgan fingerprint density at radius 1 is 0.944 bits per heavy atom. The maximum Gasteiger partial charge on any atom is 0.408 e. The number of rotatable bonds is 7. The predicted molar refractivity (Wildman–Crippen MR) is 136 cm³/mol. The van der Waals surface area contributed by atoms with Crippen LogP contribution in [0, 0.1) is 13.8 Å². The van der Waals surface area contributed by atoms with E-state index in [1.54, 1.807) is 19.9 Å². The van der Waals surface area contributed by atoms with E-state index in [9.17, 15) is 14.4 Å². The van der Waals surface area contributed by atoms with Crippen LogP contribution >= 0.6 is 11.6 Å². The van der Waals surface area contributed by atoms with Gasteiger partial charge in [0.1, 0.15) is 18.2 Å². The molecule has 36 heavy (non-hydrogen) atoms. The van der Waals surface area contributed by atoms with Crippen molar-refractivity contribution in [3.05, 3.63) is 110 Å². The van der Waals surface area contributed by atoms with Crippen molar-refractivity contribution in [3.8, 4) is 5.75 Å². The Morgan fingerprint density at radius 3 is 2.25 bits per heavy atom. The van der Waals surface area contributed by atoms with Crippen LogP contribution in [0.2, 0.25) is 5.02 Å². The zero-order chi connectivity index (χ0) is 25.7. The van der Waals surface area contributed by atoms with Crippen molar-refractivity contribution < 1.29 is 23.5 Å². The Balaban J connectivity index is 1.55. The van der Waals surface area contributed by atoms with E-state index in [4.69, 9.17) is 25.5 Å². The van der Waals surface area contributed by atoms with Gasteiger partial charge in [-0.2, -0.15) is 0 Å². The van der Waals surface area contributed by atoms with Gasteiger partial charge in [0.15, 0.2) is 5.75 Å². The van der Waals surface area contributed by atoms with Gasteiger partial charge in [0.25, 0.3) is 0 Å². The SMILES string of the molecule is Cc1c(C)c2cc(Cl)c(OC(=O)C(Cc3ccccc3)NC(=O)OCc3ccccc3)cc2oc1=O. The van der Waals surface area contributed by atoms with Gasteiger partial charge in [-0.25, -0.2) is 14.4 Å². The molecule has 1 unspecified atom stereocenters. The number of benzene rings is 3. The Morgan fingerprint density at radius 2 is 1.58 bits per heavy atom. The molecule has 4 aromatic rings. The van der Waals surface area contributed by atoms with Crippen molar-refractivity contribution in [2.45, 2.75) is 32.9 Å². The summed E-state index contributed by atoms with van der Waals surface area (Å²) in [5, 5.41) is 3.39. The van der Waals surface area contributed by atoms with E-state index in [2.05, 4.69) is 5.32 Å². The average molecular weight is 506 g/mol. The highest BCUT2D eigenvalue weighted by Gasteiger charge is 2.25. The van der Waals surface area contributed by atoms with E-state index in [0.717, 1.165) is 16.7 Å². The standard InChI is InChI=1S/C28H24ClNO6/c1-17-18(2)26(31)35-24-15-25(22(29)14-21(17)24)36-27(32)23(13-19-9-5-3-6-10-19)30-28(33)34-16-20-11-7-4-8-12-20/h3-12,14-15,23H,13,16H2,1-2H3,(H,30,33). The molecule has 1 amide bonds. The van der Waals surface area contributed by atoms with Crippen LogP contribution in [0.1, 0.15) is 22.3 Å². The molecule has 0 saturated carbocycles. The molecule has 1 heterocycles. The van der Waals surface area contributed by atoms with Crippen LogP contribution in [0.25, 0.3) is 11.0 Å². The minimum atomic E-state index is -1.06. The molecule has 0 bridgehead atoms. The number of aryl methyl sites for hydroxylation is 1. The van der Waals surface area contributed by atoms with Crippen LogP contribution in [-0.4, -0.2) is 18.1 Å². The van der Waals surface area contributed by atoms with Crippen LogP contribution < -0.4 is 15.7 Å². The monoisotopic (exact) mass is 505 g/mol. The highest BCUT2D eigenvalue weighted by Crippen LogP contribution is 2.32. The summed E-state index contributed by atoms with van der Waals surface area (Å²) in [7, 11) is 0. The fourth-order valence-electron chi connectivity index (χ4n) is 3.65. The highest BCUT2D eigenvalue weighted by molar-refractivity contribution is 6.33. The molecule has 0 radical (unpaired) electrons. The van der Waals surface area contributed by atoms with Gasteiger partial charge in [0.05, 0.1) is 5.02 Å². The van der Waals surface area contributed by atoms with Crippen LogP contribution in [-0.2, 0) is 22.6 Å². The van der Waals surface area contributed by atoms with Crippen molar-refractivity contribution in [1.82, 2.24) is 5.32 Å². The van der Waals surface area contributed by atoms with Gasteiger partial charge in [-0.15, -0.1) is 0 Å². The van der Waals surface area contributed by atoms with Crippen molar-refractivity contribution in [3.63, 3.8) is 0 Å². The lowest BCUT2D eigenvalue weighted by atomic mass is 10.1. The quantitative estimate of drug-likeness (QED) is 0.202. The lowest BCUT2D eigenvalue weighted by Crippen LogP contribution is -2.44. The number of hydrogen-bond donors (Lipinski definition) is 1. The first-order chi connectivity index (χ1) is 17.3. The third kappa shape index (κ3) is 5.93. The summed E-state index contributed by atoms with van der Waals surface area (Å²) in [5.74, 6) is -0.735. The van der Waals surface area contributed by atoms with E-state index >= 15 is 0 Å². The van der Waals surface area contributed by atoms with Crippen molar-refractivity contribution in [2.24, 2.45) is 0 Å². The molecule has 3 aromatic carbocycles. The summed E-state index contributed by atoms with van der Waals surface area (Å²) in [6, 6.07) is 20.3. The maximum atomic E-state index is 13.2. The summed E-state index contributed by atoms with van der Waals surface area (Å²) in [6.45, 7) is 3.50. The van der Waals surface area contributed by atoms with Crippen LogP contribution in [0.3, 0.4) is 0 Å². The fourth-order valence-corrected chi connectivity index (χ4v) is 3.85. The third-order valence-corrected chi connectivity index (χ3v) is 6.09. The van der Waals surface area contributed by atoms with E-state index in [1.165, 1.54) is 6.07 Å². The zero-order valence-corrected chi connectivity index (χ0v) is 20.5. The largest absolute Gasteiger partial charge is 0.445 e. The second-order valence-corrected chi connectivity index (χ2v) is 8.69. The number of alkyl carbamates (subject to hydrolysis) is 1. The summed E-state index contributed by atoms with van der Waals surface area (Å²) in [5.41, 5.74) is 2.58. The average Bonchev–Trinajstić information content (AvgIpc) is 2.88. The minimum absolute atomic E-state index is 0.0121. The second kappa shape index (κ2) is 11.1. The minimum Gasteiger partial charge on any atom is -0.445 e. The number of carbonyl (C=O) groups is 2. The fraction of sp³-hybridized carbons (Fsp3) is 0.179. The number of halogens is 1. The molecule has 4 rings (SSSR count). The third-order valence-electron chi connectivity index (χ3n) is 5.79. The van der Waals surface area contributed by atoms with Gasteiger partial charge in [-0.3, -0.25) is 0 Å². The second-order valence-electron chi connectivity index (χ2n) is 8.29. The number of fused-ring (bicyclic) bond motifs is 1. The number of esters is 1. The van der Waals surface area contributed by atoms with E-state index in [-0.39, 0.29) is 29.4 Å². The van der Waals surface area contributed by atoms with Crippen molar-refractivity contribution >= 4 is 34.6 Å². The molecule has 0 aliphatic rings. The molecule has 0 spiro atoms. The van der Waals surface area contributed by atoms with E-state index in [1.807, 2.05) is 60.7 Å². The van der Waals surface area contributed by atoms with Gasteiger partial charge >= 0.3 is 17.7 Å². The van der Waals surface area contributed by atoms with Crippen molar-refractivity contribution in [2.75, 3.05) is 0 Å². The topological polar surface area (TPSA) is 94.8 Å². The molecule has 0 fully saturated rings. The number of amides is 1. The number of hydrogen-bond acceptors (Lipinski definition) is 6. The van der Waals surface area contributed by atoms with E-state index in [0.29, 0.717) is 10.9 Å². The first-order valence-corrected chi connectivity index (χ1v) is 11.7. The summed E-state index contributed by atoms with van der Waals surface area (Å²) < 4.78 is 16.2. The molecule has 1 N–H and O–H groups in total. The molecular weight excluding hydrogens is 482 g/mol. The first-order valence-electron chi connectivity index (χ1n) is 11.3. The maximum absolute atomic E-state index is 13.2. The summed E-state index contributed by atoms with van der Waals surface area (Å²) in [4.78, 5) is 37.8. The Hall–Kier alpha value is -4.10. The Kier molecular flexibility index (Phi) is 7.71. The molecule has 7 nitrogen and oxygen atoms in total. The molecule has 1 aromatic heterocycles. The van der Waals surface area contributed by atoms with Crippen LogP contribution in [0.4, 0.5) is 4.79 Å². The van der Waals surface area contributed by atoms with Gasteiger partial charge in [-0.1, -0.05) is 72.3 Å². The lowest BCUT2D eigenvalue weighted by Gasteiger charge is -2.18. The Bertz CT molecular complexity index is 1450. The summed E-state index contributed by atoms with van der Waals surface area (Å²) >= 11 is 6.39. The lowest BCUT2D eigenvalue weighted by molar-refractivity contribution is -0.136.